The zero-order valence-electron chi connectivity index (χ0n) is 11.2. The zero-order valence-corrected chi connectivity index (χ0v) is 11.2. The topological polar surface area (TPSA) is 52.4 Å². The van der Waals surface area contributed by atoms with Crippen LogP contribution in [0.15, 0.2) is 36.4 Å². The van der Waals surface area contributed by atoms with Crippen LogP contribution in [-0.2, 0) is 6.61 Å². The molecule has 5 heteroatoms. The number of nitro benzene ring substituents is 1. The van der Waals surface area contributed by atoms with Gasteiger partial charge in [0.25, 0.3) is 0 Å². The summed E-state index contributed by atoms with van der Waals surface area (Å²) in [5.41, 5.74) is 1.84. The Morgan fingerprint density at radius 2 is 1.95 bits per heavy atom. The second-order valence-electron chi connectivity index (χ2n) is 4.54. The summed E-state index contributed by atoms with van der Waals surface area (Å²) in [6.45, 7) is 3.89. The molecular weight excluding hydrogens is 261 g/mol. The Labute approximate surface area is 116 Å². The van der Waals surface area contributed by atoms with Crippen molar-refractivity contribution in [3.63, 3.8) is 0 Å². The minimum Gasteiger partial charge on any atom is -0.489 e. The quantitative estimate of drug-likeness (QED) is 0.627. The van der Waals surface area contributed by atoms with E-state index in [1.54, 1.807) is 6.07 Å². The van der Waals surface area contributed by atoms with Gasteiger partial charge < -0.3 is 4.74 Å². The van der Waals surface area contributed by atoms with Crippen molar-refractivity contribution in [3.8, 4) is 5.75 Å². The minimum atomic E-state index is -0.846. The number of rotatable bonds is 4. The van der Waals surface area contributed by atoms with Gasteiger partial charge in [0.2, 0.25) is 5.82 Å². The van der Waals surface area contributed by atoms with Crippen LogP contribution in [0.4, 0.5) is 10.1 Å². The first-order valence-corrected chi connectivity index (χ1v) is 6.11. The number of aryl methyl sites for hydroxylation is 2. The second-order valence-corrected chi connectivity index (χ2v) is 4.54. The lowest BCUT2D eigenvalue weighted by Gasteiger charge is -2.09. The molecule has 0 radical (unpaired) electrons. The number of hydrogen-bond acceptors (Lipinski definition) is 3. The molecular formula is C15H14FNO3. The molecule has 0 aromatic heterocycles. The second kappa shape index (κ2) is 5.69. The molecule has 2 aromatic rings. The molecule has 0 atom stereocenters. The van der Waals surface area contributed by atoms with Crippen molar-refractivity contribution in [2.75, 3.05) is 0 Å². The van der Waals surface area contributed by atoms with Gasteiger partial charge in [-0.1, -0.05) is 18.2 Å². The van der Waals surface area contributed by atoms with Crippen LogP contribution in [0, 0.1) is 29.8 Å². The SMILES string of the molecule is Cc1ccc(OCc2cccc([N+](=O)[O-])c2F)cc1C. The smallest absolute Gasteiger partial charge is 0.305 e. The number of benzene rings is 2. The minimum absolute atomic E-state index is 0.0456. The predicted molar refractivity (Wildman–Crippen MR) is 73.3 cm³/mol. The Morgan fingerprint density at radius 1 is 1.20 bits per heavy atom. The van der Waals surface area contributed by atoms with Crippen LogP contribution >= 0.6 is 0 Å². The van der Waals surface area contributed by atoms with Crippen LogP contribution in [0.2, 0.25) is 0 Å². The van der Waals surface area contributed by atoms with Gasteiger partial charge in [-0.3, -0.25) is 10.1 Å². The molecule has 0 N–H and O–H groups in total. The normalized spacial score (nSPS) is 10.3. The molecule has 2 aromatic carbocycles. The number of halogens is 1. The third kappa shape index (κ3) is 2.93. The van der Waals surface area contributed by atoms with E-state index in [1.165, 1.54) is 12.1 Å². The molecule has 4 nitrogen and oxygen atoms in total. The molecule has 0 spiro atoms. The highest BCUT2D eigenvalue weighted by Crippen LogP contribution is 2.22. The summed E-state index contributed by atoms with van der Waals surface area (Å²) in [6.07, 6.45) is 0. The summed E-state index contributed by atoms with van der Waals surface area (Å²) < 4.78 is 19.3. The van der Waals surface area contributed by atoms with Crippen LogP contribution in [0.25, 0.3) is 0 Å². The Bertz CT molecular complexity index is 656. The monoisotopic (exact) mass is 275 g/mol. The fourth-order valence-electron chi connectivity index (χ4n) is 1.78. The van der Waals surface area contributed by atoms with Gasteiger partial charge in [-0.15, -0.1) is 0 Å². The molecule has 2 rings (SSSR count). The fourth-order valence-corrected chi connectivity index (χ4v) is 1.78. The molecule has 0 saturated carbocycles. The first-order valence-electron chi connectivity index (χ1n) is 6.11. The van der Waals surface area contributed by atoms with E-state index in [2.05, 4.69) is 0 Å². The van der Waals surface area contributed by atoms with E-state index in [-0.39, 0.29) is 12.2 Å². The first-order chi connectivity index (χ1) is 9.49. The van der Waals surface area contributed by atoms with Crippen molar-refractivity contribution in [1.82, 2.24) is 0 Å². The van der Waals surface area contributed by atoms with E-state index >= 15 is 0 Å². The molecule has 20 heavy (non-hydrogen) atoms. The lowest BCUT2D eigenvalue weighted by atomic mass is 10.1. The summed E-state index contributed by atoms with van der Waals surface area (Å²) in [7, 11) is 0. The van der Waals surface area contributed by atoms with E-state index in [0.717, 1.165) is 17.2 Å². The van der Waals surface area contributed by atoms with Gasteiger partial charge in [-0.05, 0) is 37.1 Å². The molecule has 0 heterocycles. The van der Waals surface area contributed by atoms with Crippen molar-refractivity contribution in [2.24, 2.45) is 0 Å². The summed E-state index contributed by atoms with van der Waals surface area (Å²) >= 11 is 0. The number of hydrogen-bond donors (Lipinski definition) is 0. The fraction of sp³-hybridized carbons (Fsp3) is 0.200. The van der Waals surface area contributed by atoms with Crippen LogP contribution in [0.5, 0.6) is 5.75 Å². The van der Waals surface area contributed by atoms with E-state index < -0.39 is 16.4 Å². The maximum Gasteiger partial charge on any atom is 0.305 e. The molecule has 104 valence electrons. The van der Waals surface area contributed by atoms with E-state index in [9.17, 15) is 14.5 Å². The van der Waals surface area contributed by atoms with Gasteiger partial charge in [0, 0.05) is 11.6 Å². The van der Waals surface area contributed by atoms with Gasteiger partial charge in [0.15, 0.2) is 0 Å². The Hall–Kier alpha value is -2.43. The number of nitrogens with zero attached hydrogens (tertiary/aromatic N) is 1. The number of ether oxygens (including phenoxy) is 1. The van der Waals surface area contributed by atoms with Crippen molar-refractivity contribution in [3.05, 3.63) is 69.0 Å². The summed E-state index contributed by atoms with van der Waals surface area (Å²) in [5.74, 6) is -0.236. The average molecular weight is 275 g/mol. The molecule has 0 aliphatic heterocycles. The predicted octanol–water partition coefficient (Wildman–Crippen LogP) is 3.93. The standard InChI is InChI=1S/C15H14FNO3/c1-10-6-7-13(8-11(10)2)20-9-12-4-3-5-14(15(12)16)17(18)19/h3-8H,9H2,1-2H3. The highest BCUT2D eigenvalue weighted by molar-refractivity contribution is 5.37. The molecule has 0 aliphatic carbocycles. The van der Waals surface area contributed by atoms with Crippen LogP contribution < -0.4 is 4.74 Å². The molecule has 0 aliphatic rings. The van der Waals surface area contributed by atoms with Gasteiger partial charge in [0.1, 0.15) is 12.4 Å². The lowest BCUT2D eigenvalue weighted by molar-refractivity contribution is -0.387. The molecule has 0 bridgehead atoms. The highest BCUT2D eigenvalue weighted by atomic mass is 19.1. The third-order valence-corrected chi connectivity index (χ3v) is 3.13. The van der Waals surface area contributed by atoms with Crippen molar-refractivity contribution in [2.45, 2.75) is 20.5 Å². The van der Waals surface area contributed by atoms with Crippen LogP contribution in [0.3, 0.4) is 0 Å². The van der Waals surface area contributed by atoms with Crippen molar-refractivity contribution < 1.29 is 14.1 Å². The maximum atomic E-state index is 13.8. The van der Waals surface area contributed by atoms with Crippen LogP contribution in [-0.4, -0.2) is 4.92 Å². The number of nitro groups is 1. The van der Waals surface area contributed by atoms with Gasteiger partial charge >= 0.3 is 5.69 Å². The molecule has 0 unspecified atom stereocenters. The van der Waals surface area contributed by atoms with Crippen molar-refractivity contribution >= 4 is 5.69 Å². The van der Waals surface area contributed by atoms with Crippen LogP contribution in [0.1, 0.15) is 16.7 Å². The highest BCUT2D eigenvalue weighted by Gasteiger charge is 2.17. The zero-order chi connectivity index (χ0) is 14.7. The van der Waals surface area contributed by atoms with E-state index in [0.29, 0.717) is 5.75 Å². The van der Waals surface area contributed by atoms with Gasteiger partial charge in [-0.25, -0.2) is 0 Å². The summed E-state index contributed by atoms with van der Waals surface area (Å²) in [5, 5.41) is 10.7. The Balaban J connectivity index is 2.17. The maximum absolute atomic E-state index is 13.8. The van der Waals surface area contributed by atoms with Crippen molar-refractivity contribution in [1.29, 1.82) is 0 Å². The van der Waals surface area contributed by atoms with E-state index in [1.807, 2.05) is 26.0 Å². The lowest BCUT2D eigenvalue weighted by Crippen LogP contribution is -2.02. The summed E-state index contributed by atoms with van der Waals surface area (Å²) in [6, 6.07) is 9.61. The van der Waals surface area contributed by atoms with E-state index in [4.69, 9.17) is 4.74 Å². The Morgan fingerprint density at radius 3 is 2.60 bits per heavy atom. The molecule has 0 saturated heterocycles. The van der Waals surface area contributed by atoms with Gasteiger partial charge in [-0.2, -0.15) is 4.39 Å². The van der Waals surface area contributed by atoms with Gasteiger partial charge in [0.05, 0.1) is 4.92 Å². The molecule has 0 amide bonds. The molecule has 0 fully saturated rings. The average Bonchev–Trinajstić information content (AvgIpc) is 2.41. The third-order valence-electron chi connectivity index (χ3n) is 3.13. The largest absolute Gasteiger partial charge is 0.489 e. The summed E-state index contributed by atoms with van der Waals surface area (Å²) in [4.78, 5) is 9.91. The Kier molecular flexibility index (Phi) is 3.98. The first kappa shape index (κ1) is 14.0.